The average Bonchev–Trinajstić information content (AvgIpc) is 3.60. The third-order valence-electron chi connectivity index (χ3n) is 7.33. The smallest absolute Gasteiger partial charge is 0.264 e. The van der Waals surface area contributed by atoms with Crippen LogP contribution in [0.5, 0.6) is 0 Å². The number of hydrogen-bond donors (Lipinski definition) is 3. The number of halogens is 1. The number of hydrogen-bond acceptors (Lipinski definition) is 7. The molecule has 1 aromatic carbocycles. The van der Waals surface area contributed by atoms with E-state index in [0.29, 0.717) is 24.1 Å². The number of alkyl halides is 1. The van der Waals surface area contributed by atoms with Crippen molar-refractivity contribution in [2.24, 2.45) is 5.73 Å². The Balaban J connectivity index is 1.37. The summed E-state index contributed by atoms with van der Waals surface area (Å²) in [6, 6.07) is 8.87. The molecule has 3 amide bonds. The highest BCUT2D eigenvalue weighted by Crippen LogP contribution is 2.29. The first-order valence-corrected chi connectivity index (χ1v) is 14.5. The van der Waals surface area contributed by atoms with E-state index in [4.69, 9.17) is 5.73 Å². The maximum absolute atomic E-state index is 14.5. The van der Waals surface area contributed by atoms with E-state index in [1.165, 1.54) is 33.9 Å². The zero-order chi connectivity index (χ0) is 28.8. The van der Waals surface area contributed by atoms with Crippen LogP contribution in [0.4, 0.5) is 4.39 Å². The molecule has 3 atom stereocenters. The molecule has 0 radical (unpaired) electrons. The lowest BCUT2D eigenvalue weighted by molar-refractivity contribution is -0.134. The number of amides is 3. The standard InChI is InChI=1S/C27H30FN5O6S/c1-15-3-2-4-18(30-15)11-24(34)23-10-17(28)12-33(23)25(35)14-32-13-21(26(29)36)20-9-16(5-8-22(20)32)27(37)31-40(38,39)19-6-7-19/h2-5,8-9,13,17,19,23-24,34H,6-7,10-12,14H2,1H3,(H2,29,36)(H,31,37)/t17-,23-,24?/m1/s1. The van der Waals surface area contributed by atoms with E-state index in [-0.39, 0.29) is 42.4 Å². The lowest BCUT2D eigenvalue weighted by Gasteiger charge is -2.28. The zero-order valence-corrected chi connectivity index (χ0v) is 22.6. The Morgan fingerprint density at radius 2 is 1.98 bits per heavy atom. The van der Waals surface area contributed by atoms with Gasteiger partial charge >= 0.3 is 0 Å². The molecule has 0 spiro atoms. The number of primary amides is 1. The highest BCUT2D eigenvalue weighted by atomic mass is 32.2. The summed E-state index contributed by atoms with van der Waals surface area (Å²) >= 11 is 0. The predicted molar refractivity (Wildman–Crippen MR) is 144 cm³/mol. The SMILES string of the molecule is Cc1cccc(CC(O)[C@H]2C[C@@H](F)CN2C(=O)Cn2cc(C(N)=O)c3cc(C(=O)NS(=O)(=O)C4CC4)ccc32)n1. The van der Waals surface area contributed by atoms with Crippen molar-refractivity contribution in [2.45, 2.75) is 62.7 Å². The Hall–Kier alpha value is -3.84. The van der Waals surface area contributed by atoms with Crippen LogP contribution in [0, 0.1) is 6.92 Å². The van der Waals surface area contributed by atoms with Gasteiger partial charge in [-0.3, -0.25) is 19.4 Å². The lowest BCUT2D eigenvalue weighted by Crippen LogP contribution is -2.45. The summed E-state index contributed by atoms with van der Waals surface area (Å²) < 4.78 is 42.4. The number of nitrogens with zero attached hydrogens (tertiary/aromatic N) is 3. The molecule has 40 heavy (non-hydrogen) atoms. The van der Waals surface area contributed by atoms with Crippen LogP contribution in [0.15, 0.2) is 42.6 Å². The molecule has 1 saturated carbocycles. The molecular formula is C27H30FN5O6S. The Labute approximate surface area is 230 Å². The number of sulfonamides is 1. The topological polar surface area (TPSA) is 165 Å². The minimum absolute atomic E-state index is 0.0102. The number of nitrogens with one attached hydrogen (secondary N) is 1. The summed E-state index contributed by atoms with van der Waals surface area (Å²) in [4.78, 5) is 43.9. The molecule has 3 aromatic rings. The molecule has 11 nitrogen and oxygen atoms in total. The zero-order valence-electron chi connectivity index (χ0n) is 21.8. The van der Waals surface area contributed by atoms with Gasteiger partial charge in [-0.2, -0.15) is 0 Å². The summed E-state index contributed by atoms with van der Waals surface area (Å²) in [5.41, 5.74) is 7.42. The number of aryl methyl sites for hydroxylation is 1. The van der Waals surface area contributed by atoms with E-state index in [2.05, 4.69) is 4.98 Å². The van der Waals surface area contributed by atoms with Gasteiger partial charge in [0.1, 0.15) is 12.7 Å². The normalized spacial score (nSPS) is 20.0. The van der Waals surface area contributed by atoms with Gasteiger partial charge in [-0.15, -0.1) is 0 Å². The van der Waals surface area contributed by atoms with E-state index < -0.39 is 51.3 Å². The van der Waals surface area contributed by atoms with Gasteiger partial charge in [0.25, 0.3) is 11.8 Å². The average molecular weight is 572 g/mol. The first-order chi connectivity index (χ1) is 18.9. The third kappa shape index (κ3) is 5.70. The van der Waals surface area contributed by atoms with Gasteiger partial charge in [0, 0.05) is 46.9 Å². The maximum Gasteiger partial charge on any atom is 0.264 e. The highest BCUT2D eigenvalue weighted by molar-refractivity contribution is 7.91. The first-order valence-electron chi connectivity index (χ1n) is 13.0. The molecule has 5 rings (SSSR count). The van der Waals surface area contributed by atoms with Gasteiger partial charge < -0.3 is 20.3 Å². The molecule has 4 N–H and O–H groups in total. The summed E-state index contributed by atoms with van der Waals surface area (Å²) in [5.74, 6) is -2.10. The maximum atomic E-state index is 14.5. The fourth-order valence-electron chi connectivity index (χ4n) is 5.18. The third-order valence-corrected chi connectivity index (χ3v) is 9.15. The van der Waals surface area contributed by atoms with Crippen molar-refractivity contribution in [3.8, 4) is 0 Å². The summed E-state index contributed by atoms with van der Waals surface area (Å²) in [7, 11) is -3.78. The van der Waals surface area contributed by atoms with Gasteiger partial charge in [0.2, 0.25) is 15.9 Å². The molecule has 1 unspecified atom stereocenters. The van der Waals surface area contributed by atoms with Gasteiger partial charge in [-0.1, -0.05) is 6.07 Å². The number of rotatable bonds is 9. The molecule has 1 aliphatic heterocycles. The molecule has 2 fully saturated rings. The molecular weight excluding hydrogens is 541 g/mol. The molecule has 1 saturated heterocycles. The fraction of sp³-hybridized carbons (Fsp3) is 0.407. The van der Waals surface area contributed by atoms with Crippen LogP contribution < -0.4 is 10.5 Å². The van der Waals surface area contributed by atoms with E-state index in [1.54, 1.807) is 6.07 Å². The predicted octanol–water partition coefficient (Wildman–Crippen LogP) is 1.21. The Kier molecular flexibility index (Phi) is 7.36. The second-order valence-corrected chi connectivity index (χ2v) is 12.4. The molecule has 3 heterocycles. The van der Waals surface area contributed by atoms with Crippen molar-refractivity contribution in [1.29, 1.82) is 0 Å². The largest absolute Gasteiger partial charge is 0.391 e. The Morgan fingerprint density at radius 3 is 2.65 bits per heavy atom. The van der Waals surface area contributed by atoms with Crippen LogP contribution in [-0.4, -0.2) is 75.8 Å². The van der Waals surface area contributed by atoms with Crippen LogP contribution in [0.3, 0.4) is 0 Å². The number of nitrogens with two attached hydrogens (primary N) is 1. The van der Waals surface area contributed by atoms with Crippen LogP contribution in [0.2, 0.25) is 0 Å². The van der Waals surface area contributed by atoms with Crippen LogP contribution in [-0.2, 0) is 27.8 Å². The van der Waals surface area contributed by atoms with Crippen molar-refractivity contribution in [3.63, 3.8) is 0 Å². The van der Waals surface area contributed by atoms with Gasteiger partial charge in [-0.05, 0) is 50.1 Å². The fourth-order valence-corrected chi connectivity index (χ4v) is 6.48. The number of aromatic nitrogens is 2. The minimum atomic E-state index is -3.78. The minimum Gasteiger partial charge on any atom is -0.391 e. The summed E-state index contributed by atoms with van der Waals surface area (Å²) in [6.07, 6.45) is 0.163. The van der Waals surface area contributed by atoms with Gasteiger partial charge in [0.15, 0.2) is 0 Å². The van der Waals surface area contributed by atoms with Crippen LogP contribution in [0.25, 0.3) is 10.9 Å². The lowest BCUT2D eigenvalue weighted by atomic mass is 10.0. The van der Waals surface area contributed by atoms with E-state index in [1.807, 2.05) is 23.8 Å². The number of benzene rings is 1. The number of aliphatic hydroxyl groups excluding tert-OH is 1. The Morgan fingerprint density at radius 1 is 1.23 bits per heavy atom. The number of fused-ring (bicyclic) bond motifs is 1. The monoisotopic (exact) mass is 571 g/mol. The number of pyridine rings is 1. The van der Waals surface area contributed by atoms with Crippen LogP contribution >= 0.6 is 0 Å². The van der Waals surface area contributed by atoms with Crippen molar-refractivity contribution >= 4 is 38.6 Å². The summed E-state index contributed by atoms with van der Waals surface area (Å²) in [5, 5.41) is 10.6. The van der Waals surface area contributed by atoms with Crippen molar-refractivity contribution in [2.75, 3.05) is 6.54 Å². The molecule has 2 aliphatic rings. The van der Waals surface area contributed by atoms with E-state index in [9.17, 15) is 32.3 Å². The number of likely N-dealkylation sites (tertiary alicyclic amines) is 1. The summed E-state index contributed by atoms with van der Waals surface area (Å²) in [6.45, 7) is 1.37. The molecule has 13 heteroatoms. The second kappa shape index (κ2) is 10.6. The van der Waals surface area contributed by atoms with Crippen molar-refractivity contribution < 1.29 is 32.3 Å². The van der Waals surface area contributed by atoms with Crippen molar-refractivity contribution in [3.05, 3.63) is 65.1 Å². The highest BCUT2D eigenvalue weighted by Gasteiger charge is 2.40. The second-order valence-electron chi connectivity index (χ2n) is 10.4. The molecule has 212 valence electrons. The number of aliphatic hydroxyl groups is 1. The van der Waals surface area contributed by atoms with Gasteiger partial charge in [0.05, 0.1) is 29.5 Å². The van der Waals surface area contributed by atoms with Crippen molar-refractivity contribution in [1.82, 2.24) is 19.2 Å². The molecule has 1 aliphatic carbocycles. The molecule has 2 aromatic heterocycles. The van der Waals surface area contributed by atoms with E-state index in [0.717, 1.165) is 5.69 Å². The quantitative estimate of drug-likeness (QED) is 0.347. The van der Waals surface area contributed by atoms with Crippen LogP contribution in [0.1, 0.15) is 51.4 Å². The number of carbonyl (C=O) groups excluding carboxylic acids is 3. The van der Waals surface area contributed by atoms with E-state index >= 15 is 0 Å². The van der Waals surface area contributed by atoms with Gasteiger partial charge in [-0.25, -0.2) is 17.5 Å². The molecule has 0 bridgehead atoms. The number of carbonyl (C=O) groups is 3. The first kappa shape index (κ1) is 27.7. The Bertz CT molecular complexity index is 1600.